The average molecular weight is 415 g/mol. The van der Waals surface area contributed by atoms with Crippen LogP contribution in [-0.4, -0.2) is 42.3 Å². The lowest BCUT2D eigenvalue weighted by atomic mass is 10.1. The van der Waals surface area contributed by atoms with Crippen molar-refractivity contribution in [2.24, 2.45) is 0 Å². The predicted octanol–water partition coefficient (Wildman–Crippen LogP) is 2.66. The van der Waals surface area contributed by atoms with Gasteiger partial charge in [0.15, 0.2) is 11.4 Å². The Bertz CT molecular complexity index is 971. The first-order valence-corrected chi connectivity index (χ1v) is 8.41. The minimum atomic E-state index is -4.69. The summed E-state index contributed by atoms with van der Waals surface area (Å²) in [6, 6.07) is 3.12. The number of nitrogens with one attached hydrogen (secondary N) is 1. The van der Waals surface area contributed by atoms with Gasteiger partial charge in [-0.3, -0.25) is 9.48 Å². The fourth-order valence-electron chi connectivity index (χ4n) is 2.46. The van der Waals surface area contributed by atoms with Crippen molar-refractivity contribution in [1.29, 1.82) is 0 Å². The number of halogens is 4. The molecule has 0 aliphatic carbocycles. The quantitative estimate of drug-likeness (QED) is 0.604. The monoisotopic (exact) mass is 414 g/mol. The summed E-state index contributed by atoms with van der Waals surface area (Å²) in [6.07, 6.45) is -0.0325. The van der Waals surface area contributed by atoms with Crippen LogP contribution in [-0.2, 0) is 12.7 Å². The molecule has 1 aromatic carbocycles. The van der Waals surface area contributed by atoms with Crippen LogP contribution >= 0.6 is 11.6 Å². The highest BCUT2D eigenvalue weighted by Gasteiger charge is 2.35. The van der Waals surface area contributed by atoms with Crippen molar-refractivity contribution in [2.45, 2.75) is 19.1 Å². The van der Waals surface area contributed by atoms with Crippen molar-refractivity contribution in [3.05, 3.63) is 53.1 Å². The Morgan fingerprint density at radius 3 is 2.79 bits per heavy atom. The van der Waals surface area contributed by atoms with Gasteiger partial charge in [0.05, 0.1) is 23.6 Å². The molecule has 0 unspecified atom stereocenters. The lowest BCUT2D eigenvalue weighted by molar-refractivity contribution is -0.137. The molecule has 0 aliphatic heterocycles. The molecule has 0 radical (unpaired) electrons. The first-order chi connectivity index (χ1) is 13.3. The molecule has 12 heteroatoms. The van der Waals surface area contributed by atoms with Crippen molar-refractivity contribution < 1.29 is 23.1 Å². The third-order valence-electron chi connectivity index (χ3n) is 3.74. The highest BCUT2D eigenvalue weighted by Crippen LogP contribution is 2.36. The third kappa shape index (κ3) is 4.42. The SMILES string of the molecule is O=C(NCCCn1ccnn1)c1nn(-c2ccc(Cl)cc2C(F)(F)F)cc1O. The van der Waals surface area contributed by atoms with Crippen LogP contribution in [0.2, 0.25) is 5.02 Å². The Kier molecular flexibility index (Phi) is 5.54. The number of aromatic nitrogens is 5. The van der Waals surface area contributed by atoms with Crippen LogP contribution in [0, 0.1) is 0 Å². The normalized spacial score (nSPS) is 11.6. The summed E-state index contributed by atoms with van der Waals surface area (Å²) in [4.78, 5) is 12.2. The maximum absolute atomic E-state index is 13.2. The van der Waals surface area contributed by atoms with Crippen molar-refractivity contribution in [1.82, 2.24) is 30.1 Å². The Morgan fingerprint density at radius 2 is 2.11 bits per heavy atom. The number of hydrogen-bond acceptors (Lipinski definition) is 5. The fourth-order valence-corrected chi connectivity index (χ4v) is 2.64. The molecule has 2 heterocycles. The van der Waals surface area contributed by atoms with Crippen LogP contribution in [0.3, 0.4) is 0 Å². The molecule has 2 aromatic heterocycles. The molecule has 0 bridgehead atoms. The number of nitrogens with zero attached hydrogens (tertiary/aromatic N) is 5. The Balaban J connectivity index is 1.73. The summed E-state index contributed by atoms with van der Waals surface area (Å²) in [5, 5.41) is 23.6. The zero-order valence-corrected chi connectivity index (χ0v) is 14.9. The van der Waals surface area contributed by atoms with Gasteiger partial charge in [-0.15, -0.1) is 5.10 Å². The number of alkyl halides is 3. The van der Waals surface area contributed by atoms with Crippen LogP contribution in [0.15, 0.2) is 36.8 Å². The van der Waals surface area contributed by atoms with E-state index in [1.54, 1.807) is 10.9 Å². The molecule has 0 atom stereocenters. The number of benzene rings is 1. The topological polar surface area (TPSA) is 97.9 Å². The van der Waals surface area contributed by atoms with Crippen molar-refractivity contribution in [3.8, 4) is 11.4 Å². The second-order valence-corrected chi connectivity index (χ2v) is 6.18. The molecule has 0 aliphatic rings. The second kappa shape index (κ2) is 7.89. The number of rotatable bonds is 6. The molecular formula is C16H14ClF3N6O2. The van der Waals surface area contributed by atoms with E-state index >= 15 is 0 Å². The van der Waals surface area contributed by atoms with Gasteiger partial charge in [-0.25, -0.2) is 4.68 Å². The van der Waals surface area contributed by atoms with Crippen LogP contribution in [0.5, 0.6) is 5.75 Å². The van der Waals surface area contributed by atoms with E-state index < -0.39 is 23.4 Å². The highest BCUT2D eigenvalue weighted by molar-refractivity contribution is 6.30. The lowest BCUT2D eigenvalue weighted by Gasteiger charge is -2.12. The van der Waals surface area contributed by atoms with Crippen LogP contribution in [0.1, 0.15) is 22.5 Å². The van der Waals surface area contributed by atoms with Gasteiger partial charge in [-0.2, -0.15) is 18.3 Å². The summed E-state index contributed by atoms with van der Waals surface area (Å²) in [5.41, 5.74) is -1.79. The number of amides is 1. The summed E-state index contributed by atoms with van der Waals surface area (Å²) in [5.74, 6) is -1.26. The van der Waals surface area contributed by atoms with Gasteiger partial charge in [0.2, 0.25) is 0 Å². The van der Waals surface area contributed by atoms with Gasteiger partial charge < -0.3 is 10.4 Å². The molecule has 28 heavy (non-hydrogen) atoms. The predicted molar refractivity (Wildman–Crippen MR) is 92.2 cm³/mol. The van der Waals surface area contributed by atoms with Crippen LogP contribution in [0.4, 0.5) is 13.2 Å². The van der Waals surface area contributed by atoms with E-state index in [4.69, 9.17) is 11.6 Å². The third-order valence-corrected chi connectivity index (χ3v) is 3.98. The molecule has 0 saturated carbocycles. The zero-order chi connectivity index (χ0) is 20.3. The molecule has 0 fully saturated rings. The molecule has 8 nitrogen and oxygen atoms in total. The van der Waals surface area contributed by atoms with E-state index in [1.165, 1.54) is 12.3 Å². The molecule has 0 spiro atoms. The lowest BCUT2D eigenvalue weighted by Crippen LogP contribution is -2.26. The summed E-state index contributed by atoms with van der Waals surface area (Å²) < 4.78 is 42.1. The number of carbonyl (C=O) groups is 1. The summed E-state index contributed by atoms with van der Waals surface area (Å²) in [7, 11) is 0. The van der Waals surface area contributed by atoms with Gasteiger partial charge in [-0.1, -0.05) is 16.8 Å². The van der Waals surface area contributed by atoms with Gasteiger partial charge >= 0.3 is 6.18 Å². The van der Waals surface area contributed by atoms with E-state index in [0.717, 1.165) is 23.0 Å². The largest absolute Gasteiger partial charge is 0.504 e. The Labute approximate surface area is 161 Å². The van der Waals surface area contributed by atoms with Crippen molar-refractivity contribution >= 4 is 17.5 Å². The minimum Gasteiger partial charge on any atom is -0.504 e. The van der Waals surface area contributed by atoms with E-state index in [1.807, 2.05) is 0 Å². The molecular weight excluding hydrogens is 401 g/mol. The molecule has 3 rings (SSSR count). The van der Waals surface area contributed by atoms with Crippen LogP contribution in [0.25, 0.3) is 5.69 Å². The molecule has 3 aromatic rings. The van der Waals surface area contributed by atoms with Gasteiger partial charge in [0, 0.05) is 24.3 Å². The number of carbonyl (C=O) groups excluding carboxylic acids is 1. The van der Waals surface area contributed by atoms with E-state index in [2.05, 4.69) is 20.7 Å². The molecule has 1 amide bonds. The number of aromatic hydroxyl groups is 1. The first kappa shape index (κ1) is 19.7. The van der Waals surface area contributed by atoms with Gasteiger partial charge in [0.1, 0.15) is 0 Å². The number of aryl methyl sites for hydroxylation is 1. The van der Waals surface area contributed by atoms with E-state index in [0.29, 0.717) is 13.0 Å². The summed E-state index contributed by atoms with van der Waals surface area (Å²) >= 11 is 5.65. The maximum Gasteiger partial charge on any atom is 0.418 e. The smallest absolute Gasteiger partial charge is 0.418 e. The van der Waals surface area contributed by atoms with Gasteiger partial charge in [-0.05, 0) is 24.6 Å². The Hall–Kier alpha value is -3.08. The maximum atomic E-state index is 13.2. The average Bonchev–Trinajstić information content (AvgIpc) is 3.27. The van der Waals surface area contributed by atoms with E-state index in [9.17, 15) is 23.1 Å². The fraction of sp³-hybridized carbons (Fsp3) is 0.250. The molecule has 148 valence electrons. The van der Waals surface area contributed by atoms with Gasteiger partial charge in [0.25, 0.3) is 5.91 Å². The Morgan fingerprint density at radius 1 is 1.32 bits per heavy atom. The van der Waals surface area contributed by atoms with E-state index in [-0.39, 0.29) is 22.9 Å². The first-order valence-electron chi connectivity index (χ1n) is 8.04. The van der Waals surface area contributed by atoms with Crippen molar-refractivity contribution in [3.63, 3.8) is 0 Å². The second-order valence-electron chi connectivity index (χ2n) is 5.74. The van der Waals surface area contributed by atoms with Crippen molar-refractivity contribution in [2.75, 3.05) is 6.54 Å². The van der Waals surface area contributed by atoms with Crippen LogP contribution < -0.4 is 5.32 Å². The number of hydrogen-bond donors (Lipinski definition) is 2. The minimum absolute atomic E-state index is 0.0993. The standard InChI is InChI=1S/C16H14ClF3N6O2/c17-10-2-3-12(11(8-10)16(18,19)20)26-9-13(27)14(23-26)15(28)21-4-1-6-25-7-5-22-24-25/h2-3,5,7-9,27H,1,4,6H2,(H,21,28). The summed E-state index contributed by atoms with van der Waals surface area (Å²) in [6.45, 7) is 0.764. The zero-order valence-electron chi connectivity index (χ0n) is 14.2. The molecule has 0 saturated heterocycles. The highest BCUT2D eigenvalue weighted by atomic mass is 35.5. The molecule has 2 N–H and O–H groups in total.